The molecule has 1 amide bonds. The molecule has 0 aromatic heterocycles. The smallest absolute Gasteiger partial charge is 0.223 e. The van der Waals surface area contributed by atoms with Crippen molar-refractivity contribution >= 4 is 23.2 Å². The van der Waals surface area contributed by atoms with Crippen LogP contribution in [0.15, 0.2) is 24.3 Å². The van der Waals surface area contributed by atoms with E-state index < -0.39 is 0 Å². The second kappa shape index (κ2) is 7.36. The molecule has 1 aliphatic carbocycles. The minimum Gasteiger partial charge on any atom is -0.371 e. The van der Waals surface area contributed by atoms with Crippen LogP contribution in [0.25, 0.3) is 0 Å². The van der Waals surface area contributed by atoms with Gasteiger partial charge in [-0.15, -0.1) is 0 Å². The summed E-state index contributed by atoms with van der Waals surface area (Å²) in [4.78, 5) is 14.7. The van der Waals surface area contributed by atoms with Crippen LogP contribution in [0, 0.1) is 5.92 Å². The lowest BCUT2D eigenvalue weighted by Crippen LogP contribution is -2.44. The van der Waals surface area contributed by atoms with Crippen molar-refractivity contribution in [3.8, 4) is 0 Å². The van der Waals surface area contributed by atoms with E-state index in [9.17, 15) is 4.79 Å². The molecule has 22 heavy (non-hydrogen) atoms. The standard InChI is InChI=1S/C18H25ClN2O/c19-15-5-4-8-17(13-15)21-11-9-14(10-12-21)18(22)20-16-6-2-1-3-7-16/h4-5,8,13-14,16H,1-3,6-7,9-12H2,(H,20,22). The average molecular weight is 321 g/mol. The molecule has 3 nitrogen and oxygen atoms in total. The van der Waals surface area contributed by atoms with E-state index in [1.165, 1.54) is 24.9 Å². The number of nitrogens with zero attached hydrogens (tertiary/aromatic N) is 1. The number of hydrogen-bond donors (Lipinski definition) is 1. The third-order valence-corrected chi connectivity index (χ3v) is 5.23. The van der Waals surface area contributed by atoms with Gasteiger partial charge < -0.3 is 10.2 Å². The normalized spacial score (nSPS) is 20.9. The number of nitrogens with one attached hydrogen (secondary N) is 1. The summed E-state index contributed by atoms with van der Waals surface area (Å²) in [5.74, 6) is 0.454. The van der Waals surface area contributed by atoms with Crippen molar-refractivity contribution in [3.63, 3.8) is 0 Å². The third-order valence-electron chi connectivity index (χ3n) is 4.99. The zero-order chi connectivity index (χ0) is 15.4. The van der Waals surface area contributed by atoms with Gasteiger partial charge in [-0.05, 0) is 43.9 Å². The largest absolute Gasteiger partial charge is 0.371 e. The summed E-state index contributed by atoms with van der Waals surface area (Å²) in [7, 11) is 0. The van der Waals surface area contributed by atoms with Crippen LogP contribution in [0.5, 0.6) is 0 Å². The molecule has 1 heterocycles. The maximum atomic E-state index is 12.4. The van der Waals surface area contributed by atoms with Gasteiger partial charge >= 0.3 is 0 Å². The van der Waals surface area contributed by atoms with Crippen LogP contribution in [-0.2, 0) is 4.79 Å². The van der Waals surface area contributed by atoms with Crippen molar-refractivity contribution in [2.75, 3.05) is 18.0 Å². The highest BCUT2D eigenvalue weighted by Crippen LogP contribution is 2.26. The zero-order valence-electron chi connectivity index (χ0n) is 13.1. The summed E-state index contributed by atoms with van der Waals surface area (Å²) in [6.07, 6.45) is 8.04. The first-order valence-corrected chi connectivity index (χ1v) is 8.91. The Morgan fingerprint density at radius 1 is 1.09 bits per heavy atom. The molecular formula is C18H25ClN2O. The minimum atomic E-state index is 0.178. The van der Waals surface area contributed by atoms with Gasteiger partial charge in [0.2, 0.25) is 5.91 Å². The molecule has 2 aliphatic rings. The van der Waals surface area contributed by atoms with E-state index in [4.69, 9.17) is 11.6 Å². The van der Waals surface area contributed by atoms with E-state index in [0.717, 1.165) is 43.8 Å². The Morgan fingerprint density at radius 2 is 1.82 bits per heavy atom. The summed E-state index contributed by atoms with van der Waals surface area (Å²) in [5, 5.41) is 4.05. The molecule has 4 heteroatoms. The van der Waals surface area contributed by atoms with Gasteiger partial charge in [-0.1, -0.05) is 36.9 Å². The van der Waals surface area contributed by atoms with Gasteiger partial charge in [0.25, 0.3) is 0 Å². The second-order valence-electron chi connectivity index (χ2n) is 6.58. The number of benzene rings is 1. The molecule has 1 saturated carbocycles. The Labute approximate surface area is 138 Å². The fourth-order valence-electron chi connectivity index (χ4n) is 3.64. The molecule has 3 rings (SSSR count). The quantitative estimate of drug-likeness (QED) is 0.912. The topological polar surface area (TPSA) is 32.3 Å². The van der Waals surface area contributed by atoms with Crippen molar-refractivity contribution < 1.29 is 4.79 Å². The molecular weight excluding hydrogens is 296 g/mol. The maximum Gasteiger partial charge on any atom is 0.223 e. The highest BCUT2D eigenvalue weighted by molar-refractivity contribution is 6.30. The highest BCUT2D eigenvalue weighted by Gasteiger charge is 2.27. The molecule has 0 unspecified atom stereocenters. The van der Waals surface area contributed by atoms with Crippen LogP contribution >= 0.6 is 11.6 Å². The van der Waals surface area contributed by atoms with Gasteiger partial charge in [0.05, 0.1) is 0 Å². The lowest BCUT2D eigenvalue weighted by Gasteiger charge is -2.34. The van der Waals surface area contributed by atoms with E-state index in [1.807, 2.05) is 18.2 Å². The number of halogens is 1. The molecule has 0 spiro atoms. The summed E-state index contributed by atoms with van der Waals surface area (Å²) in [6, 6.07) is 8.40. The van der Waals surface area contributed by atoms with E-state index in [2.05, 4.69) is 16.3 Å². The molecule has 2 fully saturated rings. The van der Waals surface area contributed by atoms with Crippen molar-refractivity contribution in [3.05, 3.63) is 29.3 Å². The van der Waals surface area contributed by atoms with Gasteiger partial charge in [-0.25, -0.2) is 0 Å². The minimum absolute atomic E-state index is 0.178. The lowest BCUT2D eigenvalue weighted by molar-refractivity contribution is -0.126. The molecule has 1 aliphatic heterocycles. The van der Waals surface area contributed by atoms with Gasteiger partial charge in [0.15, 0.2) is 0 Å². The van der Waals surface area contributed by atoms with Crippen LogP contribution < -0.4 is 10.2 Å². The first kappa shape index (κ1) is 15.7. The molecule has 1 saturated heterocycles. The van der Waals surface area contributed by atoms with E-state index >= 15 is 0 Å². The van der Waals surface area contributed by atoms with Gasteiger partial charge in [-0.2, -0.15) is 0 Å². The molecule has 120 valence electrons. The van der Waals surface area contributed by atoms with Crippen LogP contribution in [0.1, 0.15) is 44.9 Å². The Balaban J connectivity index is 1.49. The fourth-order valence-corrected chi connectivity index (χ4v) is 3.82. The Morgan fingerprint density at radius 3 is 2.50 bits per heavy atom. The Hall–Kier alpha value is -1.22. The molecule has 1 aromatic rings. The maximum absolute atomic E-state index is 12.4. The molecule has 1 N–H and O–H groups in total. The predicted octanol–water partition coefficient (Wildman–Crippen LogP) is 4.01. The van der Waals surface area contributed by atoms with Crippen molar-refractivity contribution in [2.24, 2.45) is 5.92 Å². The lowest BCUT2D eigenvalue weighted by atomic mass is 9.92. The number of amides is 1. The number of carbonyl (C=O) groups excluding carboxylic acids is 1. The van der Waals surface area contributed by atoms with Gasteiger partial charge in [0, 0.05) is 35.8 Å². The van der Waals surface area contributed by atoms with E-state index in [1.54, 1.807) is 0 Å². The molecule has 0 radical (unpaired) electrons. The summed E-state index contributed by atoms with van der Waals surface area (Å²) < 4.78 is 0. The van der Waals surface area contributed by atoms with E-state index in [-0.39, 0.29) is 11.8 Å². The van der Waals surface area contributed by atoms with Crippen molar-refractivity contribution in [1.29, 1.82) is 0 Å². The van der Waals surface area contributed by atoms with E-state index in [0.29, 0.717) is 6.04 Å². The number of anilines is 1. The third kappa shape index (κ3) is 3.95. The second-order valence-corrected chi connectivity index (χ2v) is 7.02. The number of rotatable bonds is 3. The summed E-state index contributed by atoms with van der Waals surface area (Å²) >= 11 is 6.06. The molecule has 1 aromatic carbocycles. The Bertz CT molecular complexity index is 506. The van der Waals surface area contributed by atoms with Crippen molar-refractivity contribution in [1.82, 2.24) is 5.32 Å². The first-order chi connectivity index (χ1) is 10.7. The average Bonchev–Trinajstić information content (AvgIpc) is 2.56. The van der Waals surface area contributed by atoms with Crippen molar-refractivity contribution in [2.45, 2.75) is 51.0 Å². The SMILES string of the molecule is O=C(NC1CCCCC1)C1CCN(c2cccc(Cl)c2)CC1. The fraction of sp³-hybridized carbons (Fsp3) is 0.611. The summed E-state index contributed by atoms with van der Waals surface area (Å²) in [5.41, 5.74) is 1.17. The monoisotopic (exact) mass is 320 g/mol. The molecule has 0 atom stereocenters. The van der Waals surface area contributed by atoms with Crippen LogP contribution in [-0.4, -0.2) is 25.0 Å². The number of piperidine rings is 1. The first-order valence-electron chi connectivity index (χ1n) is 8.53. The van der Waals surface area contributed by atoms with Crippen LogP contribution in [0.3, 0.4) is 0 Å². The van der Waals surface area contributed by atoms with Crippen LogP contribution in [0.2, 0.25) is 5.02 Å². The van der Waals surface area contributed by atoms with Gasteiger partial charge in [-0.3, -0.25) is 4.79 Å². The summed E-state index contributed by atoms with van der Waals surface area (Å²) in [6.45, 7) is 1.87. The zero-order valence-corrected chi connectivity index (χ0v) is 13.8. The Kier molecular flexibility index (Phi) is 5.24. The number of hydrogen-bond acceptors (Lipinski definition) is 2. The predicted molar refractivity (Wildman–Crippen MR) is 91.4 cm³/mol. The van der Waals surface area contributed by atoms with Gasteiger partial charge in [0.1, 0.15) is 0 Å². The number of carbonyl (C=O) groups is 1. The highest BCUT2D eigenvalue weighted by atomic mass is 35.5. The molecule has 0 bridgehead atoms. The van der Waals surface area contributed by atoms with Crippen LogP contribution in [0.4, 0.5) is 5.69 Å².